The van der Waals surface area contributed by atoms with Crippen LogP contribution in [0, 0.1) is 0 Å². The first-order valence-corrected chi connectivity index (χ1v) is 5.50. The summed E-state index contributed by atoms with van der Waals surface area (Å²) in [6.45, 7) is -0.280. The van der Waals surface area contributed by atoms with Gasteiger partial charge in [-0.15, -0.1) is 0 Å². The number of hydrogen-bond acceptors (Lipinski definition) is 8. The van der Waals surface area contributed by atoms with Crippen molar-refractivity contribution in [2.24, 2.45) is 0 Å². The van der Waals surface area contributed by atoms with Crippen LogP contribution in [0.1, 0.15) is 12.8 Å². The zero-order valence-corrected chi connectivity index (χ0v) is 10.1. The predicted octanol–water partition coefficient (Wildman–Crippen LogP) is -2.71. The van der Waals surface area contributed by atoms with Crippen LogP contribution in [-0.2, 0) is 23.9 Å². The fourth-order valence-corrected chi connectivity index (χ4v) is 1.55. The van der Waals surface area contributed by atoms with Gasteiger partial charge < -0.3 is 35.0 Å². The summed E-state index contributed by atoms with van der Waals surface area (Å²) in [6.07, 6.45) is -6.60. The minimum atomic E-state index is -2.83. The molecule has 20 heavy (non-hydrogen) atoms. The number of carboxylic acid groups (broad SMARTS) is 2. The summed E-state index contributed by atoms with van der Waals surface area (Å²) in [6, 6.07) is 0. The van der Waals surface area contributed by atoms with Crippen molar-refractivity contribution < 1.29 is 49.4 Å². The Balaban J connectivity index is 2.63. The van der Waals surface area contributed by atoms with Crippen molar-refractivity contribution in [3.8, 4) is 0 Å². The van der Waals surface area contributed by atoms with E-state index in [-0.39, 0.29) is 6.61 Å². The van der Waals surface area contributed by atoms with E-state index in [0.717, 1.165) is 0 Å². The molecule has 4 atom stereocenters. The number of rotatable bonds is 6. The van der Waals surface area contributed by atoms with Gasteiger partial charge in [-0.25, -0.2) is 4.79 Å². The van der Waals surface area contributed by atoms with Crippen molar-refractivity contribution in [3.63, 3.8) is 0 Å². The standard InChI is InChI=1S/C10H14O10/c11-4-3-19-8(7(4)15)20-6(14)2-10(18,9(16)17)1-5(12)13/h4,7-8,11,15,18H,1-3H2,(H,12,13)(H,16,17)/t4-,7-,8?,10?/m1/s1. The fraction of sp³-hybridized carbons (Fsp3) is 0.700. The third kappa shape index (κ3) is 3.87. The van der Waals surface area contributed by atoms with E-state index in [0.29, 0.717) is 0 Å². The van der Waals surface area contributed by atoms with Crippen molar-refractivity contribution in [1.82, 2.24) is 0 Å². The van der Waals surface area contributed by atoms with E-state index >= 15 is 0 Å². The molecule has 10 nitrogen and oxygen atoms in total. The van der Waals surface area contributed by atoms with Crippen LogP contribution in [0.15, 0.2) is 0 Å². The molecule has 1 fully saturated rings. The summed E-state index contributed by atoms with van der Waals surface area (Å²) in [5.74, 6) is -4.80. The summed E-state index contributed by atoms with van der Waals surface area (Å²) >= 11 is 0. The molecule has 0 spiro atoms. The molecule has 0 amide bonds. The number of hydrogen-bond donors (Lipinski definition) is 5. The smallest absolute Gasteiger partial charge is 0.336 e. The maximum atomic E-state index is 11.4. The Kier molecular flexibility index (Phi) is 5.00. The van der Waals surface area contributed by atoms with Crippen LogP contribution in [0.2, 0.25) is 0 Å². The van der Waals surface area contributed by atoms with Crippen LogP contribution in [0.5, 0.6) is 0 Å². The van der Waals surface area contributed by atoms with Gasteiger partial charge in [0, 0.05) is 0 Å². The molecule has 2 unspecified atom stereocenters. The van der Waals surface area contributed by atoms with E-state index in [4.69, 9.17) is 20.1 Å². The number of aliphatic hydroxyl groups is 3. The minimum Gasteiger partial charge on any atom is -0.481 e. The molecule has 114 valence electrons. The van der Waals surface area contributed by atoms with Gasteiger partial charge in [0.25, 0.3) is 0 Å². The van der Waals surface area contributed by atoms with Gasteiger partial charge in [0.2, 0.25) is 6.29 Å². The summed E-state index contributed by atoms with van der Waals surface area (Å²) < 4.78 is 9.25. The van der Waals surface area contributed by atoms with Gasteiger partial charge in [-0.1, -0.05) is 0 Å². The number of carbonyl (C=O) groups is 3. The van der Waals surface area contributed by atoms with Crippen molar-refractivity contribution in [2.75, 3.05) is 6.61 Å². The molecule has 10 heteroatoms. The molecule has 0 aromatic carbocycles. The van der Waals surface area contributed by atoms with Crippen LogP contribution in [0.25, 0.3) is 0 Å². The maximum Gasteiger partial charge on any atom is 0.336 e. The molecule has 1 aliphatic heterocycles. The second-order valence-corrected chi connectivity index (χ2v) is 4.33. The Labute approximate surface area is 112 Å². The molecule has 1 saturated heterocycles. The average Bonchev–Trinajstić information content (AvgIpc) is 2.59. The SMILES string of the molecule is O=C(O)CC(O)(CC(=O)OC1OC[C@@H](O)[C@H]1O)C(=O)O. The van der Waals surface area contributed by atoms with Crippen LogP contribution >= 0.6 is 0 Å². The van der Waals surface area contributed by atoms with E-state index in [2.05, 4.69) is 4.74 Å². The number of ether oxygens (including phenoxy) is 2. The number of aliphatic carboxylic acids is 2. The second-order valence-electron chi connectivity index (χ2n) is 4.33. The van der Waals surface area contributed by atoms with E-state index in [1.165, 1.54) is 0 Å². The first-order chi connectivity index (χ1) is 9.15. The van der Waals surface area contributed by atoms with E-state index in [9.17, 15) is 24.6 Å². The van der Waals surface area contributed by atoms with Gasteiger partial charge in [0.05, 0.1) is 19.4 Å². The fourth-order valence-electron chi connectivity index (χ4n) is 1.55. The summed E-state index contributed by atoms with van der Waals surface area (Å²) in [5, 5.41) is 45.3. The lowest BCUT2D eigenvalue weighted by molar-refractivity contribution is -0.192. The van der Waals surface area contributed by atoms with Gasteiger partial charge in [0.1, 0.15) is 12.2 Å². The molecule has 0 saturated carbocycles. The minimum absolute atomic E-state index is 0.280. The van der Waals surface area contributed by atoms with E-state index in [1.807, 2.05) is 0 Å². The lowest BCUT2D eigenvalue weighted by atomic mass is 9.96. The second kappa shape index (κ2) is 6.13. The third-order valence-electron chi connectivity index (χ3n) is 2.63. The lowest BCUT2D eigenvalue weighted by Gasteiger charge is -2.22. The zero-order chi connectivity index (χ0) is 15.5. The van der Waals surface area contributed by atoms with Crippen molar-refractivity contribution in [1.29, 1.82) is 0 Å². The Morgan fingerprint density at radius 1 is 1.20 bits per heavy atom. The normalized spacial score (nSPS) is 28.6. The number of aliphatic hydroxyl groups excluding tert-OH is 2. The number of esters is 1. The Bertz CT molecular complexity index is 407. The first kappa shape index (κ1) is 16.3. The third-order valence-corrected chi connectivity index (χ3v) is 2.63. The topological polar surface area (TPSA) is 171 Å². The van der Waals surface area contributed by atoms with E-state index in [1.54, 1.807) is 0 Å². The molecule has 0 bridgehead atoms. The lowest BCUT2D eigenvalue weighted by Crippen LogP contribution is -2.44. The molecule has 0 aromatic rings. The molecular formula is C10H14O10. The molecule has 5 N–H and O–H groups in total. The van der Waals surface area contributed by atoms with E-state index < -0.39 is 54.8 Å². The molecule has 1 heterocycles. The number of carboxylic acids is 2. The monoisotopic (exact) mass is 294 g/mol. The highest BCUT2D eigenvalue weighted by Crippen LogP contribution is 2.20. The summed E-state index contributed by atoms with van der Waals surface area (Å²) in [7, 11) is 0. The van der Waals surface area contributed by atoms with Crippen molar-refractivity contribution in [2.45, 2.75) is 36.9 Å². The maximum absolute atomic E-state index is 11.4. The predicted molar refractivity (Wildman–Crippen MR) is 57.3 cm³/mol. The molecule has 1 aliphatic rings. The summed E-state index contributed by atoms with van der Waals surface area (Å²) in [5.41, 5.74) is -2.83. The van der Waals surface area contributed by atoms with Gasteiger partial charge >= 0.3 is 17.9 Å². The molecule has 0 aliphatic carbocycles. The van der Waals surface area contributed by atoms with Gasteiger partial charge in [0.15, 0.2) is 5.60 Å². The summed E-state index contributed by atoms with van der Waals surface area (Å²) in [4.78, 5) is 32.7. The first-order valence-electron chi connectivity index (χ1n) is 5.50. The molecular weight excluding hydrogens is 280 g/mol. The number of carbonyl (C=O) groups excluding carboxylic acids is 1. The Morgan fingerprint density at radius 2 is 1.80 bits per heavy atom. The van der Waals surface area contributed by atoms with Crippen LogP contribution in [0.3, 0.4) is 0 Å². The van der Waals surface area contributed by atoms with Crippen LogP contribution < -0.4 is 0 Å². The van der Waals surface area contributed by atoms with Gasteiger partial charge in [-0.05, 0) is 0 Å². The zero-order valence-electron chi connectivity index (χ0n) is 10.1. The van der Waals surface area contributed by atoms with Gasteiger partial charge in [-0.3, -0.25) is 9.59 Å². The highest BCUT2D eigenvalue weighted by Gasteiger charge is 2.43. The quantitative estimate of drug-likeness (QED) is 0.324. The Morgan fingerprint density at radius 3 is 2.20 bits per heavy atom. The molecule has 0 aromatic heterocycles. The molecule has 0 radical (unpaired) electrons. The molecule has 1 rings (SSSR count). The average molecular weight is 294 g/mol. The Hall–Kier alpha value is -1.75. The highest BCUT2D eigenvalue weighted by molar-refractivity contribution is 5.88. The van der Waals surface area contributed by atoms with Crippen LogP contribution in [-0.4, -0.2) is 74.1 Å². The van der Waals surface area contributed by atoms with Crippen molar-refractivity contribution in [3.05, 3.63) is 0 Å². The van der Waals surface area contributed by atoms with Crippen LogP contribution in [0.4, 0.5) is 0 Å². The van der Waals surface area contributed by atoms with Crippen molar-refractivity contribution >= 4 is 17.9 Å². The highest BCUT2D eigenvalue weighted by atomic mass is 16.7. The van der Waals surface area contributed by atoms with Gasteiger partial charge in [-0.2, -0.15) is 0 Å². The largest absolute Gasteiger partial charge is 0.481 e.